The van der Waals surface area contributed by atoms with Crippen LogP contribution in [0.25, 0.3) is 0 Å². The molecular formula is C8H8NO2+. The van der Waals surface area contributed by atoms with Crippen molar-refractivity contribution in [3.05, 3.63) is 30.1 Å². The molecule has 1 aliphatic rings. The Morgan fingerprint density at radius 2 is 2.36 bits per heavy atom. The van der Waals surface area contributed by atoms with E-state index in [1.807, 2.05) is 29.0 Å². The normalized spacial score (nSPS) is 15.5. The Balaban J connectivity index is 2.41. The first kappa shape index (κ1) is 6.34. The molecule has 2 rings (SSSR count). The van der Waals surface area contributed by atoms with E-state index in [0.717, 1.165) is 5.69 Å². The van der Waals surface area contributed by atoms with Crippen molar-refractivity contribution in [2.45, 2.75) is 13.2 Å². The molecule has 0 unspecified atom stereocenters. The van der Waals surface area contributed by atoms with E-state index in [9.17, 15) is 4.79 Å². The van der Waals surface area contributed by atoms with Crippen molar-refractivity contribution in [1.82, 2.24) is 0 Å². The van der Waals surface area contributed by atoms with Crippen molar-refractivity contribution in [2.75, 3.05) is 0 Å². The number of cyclic esters (lactones) is 1. The Bertz CT molecular complexity index is 296. The summed E-state index contributed by atoms with van der Waals surface area (Å²) < 4.78 is 6.74. The monoisotopic (exact) mass is 150 g/mol. The number of esters is 1. The van der Waals surface area contributed by atoms with Crippen LogP contribution in [0.5, 0.6) is 0 Å². The third kappa shape index (κ3) is 1.09. The van der Waals surface area contributed by atoms with Gasteiger partial charge in [0, 0.05) is 12.1 Å². The highest BCUT2D eigenvalue weighted by Crippen LogP contribution is 1.99. The van der Waals surface area contributed by atoms with Crippen LogP contribution in [0.1, 0.15) is 5.69 Å². The van der Waals surface area contributed by atoms with Crippen LogP contribution in [0.3, 0.4) is 0 Å². The van der Waals surface area contributed by atoms with Gasteiger partial charge in [-0.25, -0.2) is 4.79 Å². The van der Waals surface area contributed by atoms with E-state index in [0.29, 0.717) is 13.2 Å². The van der Waals surface area contributed by atoms with E-state index in [2.05, 4.69) is 0 Å². The standard InChI is InChI=1S/C8H8NO2/c10-8-5-9-4-2-1-3-7(9)6-11-8/h1-4H,5-6H2/q+1. The van der Waals surface area contributed by atoms with Gasteiger partial charge in [0.05, 0.1) is 0 Å². The molecule has 3 nitrogen and oxygen atoms in total. The van der Waals surface area contributed by atoms with Gasteiger partial charge >= 0.3 is 5.97 Å². The molecule has 56 valence electrons. The van der Waals surface area contributed by atoms with Crippen molar-refractivity contribution >= 4 is 5.97 Å². The predicted molar refractivity (Wildman–Crippen MR) is 36.4 cm³/mol. The van der Waals surface area contributed by atoms with E-state index < -0.39 is 0 Å². The molecule has 0 spiro atoms. The molecule has 3 heteroatoms. The lowest BCUT2D eigenvalue weighted by Crippen LogP contribution is -2.46. The summed E-state index contributed by atoms with van der Waals surface area (Å²) in [6, 6.07) is 5.79. The Labute approximate surface area is 64.2 Å². The number of pyridine rings is 1. The van der Waals surface area contributed by atoms with Gasteiger partial charge in [-0.1, -0.05) is 0 Å². The zero-order chi connectivity index (χ0) is 7.68. The Morgan fingerprint density at radius 1 is 1.45 bits per heavy atom. The molecule has 0 saturated heterocycles. The molecule has 0 atom stereocenters. The Kier molecular flexibility index (Phi) is 1.35. The highest BCUT2D eigenvalue weighted by molar-refractivity contribution is 5.68. The van der Waals surface area contributed by atoms with Gasteiger partial charge in [-0.05, 0) is 6.07 Å². The van der Waals surface area contributed by atoms with Crippen molar-refractivity contribution < 1.29 is 14.1 Å². The molecule has 11 heavy (non-hydrogen) atoms. The largest absolute Gasteiger partial charge is 0.450 e. The molecule has 0 amide bonds. The summed E-state index contributed by atoms with van der Waals surface area (Å²) in [7, 11) is 0. The minimum absolute atomic E-state index is 0.159. The van der Waals surface area contributed by atoms with Gasteiger partial charge < -0.3 is 4.74 Å². The Morgan fingerprint density at radius 3 is 3.27 bits per heavy atom. The maximum atomic E-state index is 10.8. The summed E-state index contributed by atoms with van der Waals surface area (Å²) in [6.07, 6.45) is 1.88. The SMILES string of the molecule is O=C1C[n+]2ccccc2CO1. The molecule has 0 saturated carbocycles. The van der Waals surface area contributed by atoms with Crippen LogP contribution in [0.2, 0.25) is 0 Å². The summed E-state index contributed by atoms with van der Waals surface area (Å²) in [6.45, 7) is 0.746. The predicted octanol–water partition coefficient (Wildman–Crippen LogP) is 0.0309. The average Bonchev–Trinajstić information content (AvgIpc) is 2.04. The molecule has 1 aromatic rings. The highest BCUT2D eigenvalue weighted by Gasteiger charge is 2.21. The van der Waals surface area contributed by atoms with Gasteiger partial charge in [0.1, 0.15) is 0 Å². The van der Waals surface area contributed by atoms with Crippen LogP contribution in [0.15, 0.2) is 24.4 Å². The second kappa shape index (κ2) is 2.34. The molecule has 0 fully saturated rings. The van der Waals surface area contributed by atoms with Gasteiger partial charge in [-0.3, -0.25) is 0 Å². The van der Waals surface area contributed by atoms with Crippen LogP contribution in [-0.4, -0.2) is 5.97 Å². The van der Waals surface area contributed by atoms with Crippen molar-refractivity contribution in [1.29, 1.82) is 0 Å². The molecule has 0 radical (unpaired) electrons. The second-order valence-electron chi connectivity index (χ2n) is 2.48. The van der Waals surface area contributed by atoms with E-state index in [4.69, 9.17) is 4.74 Å². The summed E-state index contributed by atoms with van der Waals surface area (Å²) >= 11 is 0. The minimum Gasteiger partial charge on any atom is -0.450 e. The fourth-order valence-electron chi connectivity index (χ4n) is 1.14. The molecule has 0 aliphatic carbocycles. The Hall–Kier alpha value is -1.38. The van der Waals surface area contributed by atoms with Gasteiger partial charge in [-0.2, -0.15) is 4.57 Å². The van der Waals surface area contributed by atoms with Crippen molar-refractivity contribution in [3.63, 3.8) is 0 Å². The topological polar surface area (TPSA) is 30.2 Å². The fraction of sp³-hybridized carbons (Fsp3) is 0.250. The number of fused-ring (bicyclic) bond motifs is 1. The van der Waals surface area contributed by atoms with E-state index in [-0.39, 0.29) is 5.97 Å². The number of aromatic nitrogens is 1. The van der Waals surface area contributed by atoms with Crippen molar-refractivity contribution in [2.24, 2.45) is 0 Å². The summed E-state index contributed by atoms with van der Waals surface area (Å²) in [5.74, 6) is -0.159. The zero-order valence-electron chi connectivity index (χ0n) is 5.99. The molecule has 0 N–H and O–H groups in total. The number of carbonyl (C=O) groups excluding carboxylic acids is 1. The first-order chi connectivity index (χ1) is 5.36. The smallest absolute Gasteiger partial charge is 0.373 e. The summed E-state index contributed by atoms with van der Waals surface area (Å²) in [5, 5.41) is 0. The van der Waals surface area contributed by atoms with Gasteiger partial charge in [0.15, 0.2) is 12.8 Å². The molecule has 1 aromatic heterocycles. The van der Waals surface area contributed by atoms with E-state index in [1.54, 1.807) is 0 Å². The maximum absolute atomic E-state index is 10.8. The first-order valence-corrected chi connectivity index (χ1v) is 3.49. The number of hydrogen-bond donors (Lipinski definition) is 0. The first-order valence-electron chi connectivity index (χ1n) is 3.49. The van der Waals surface area contributed by atoms with E-state index >= 15 is 0 Å². The average molecular weight is 150 g/mol. The molecular weight excluding hydrogens is 142 g/mol. The quantitative estimate of drug-likeness (QED) is 0.386. The number of rotatable bonds is 0. The third-order valence-electron chi connectivity index (χ3n) is 1.72. The summed E-state index contributed by atoms with van der Waals surface area (Å²) in [5.41, 5.74) is 1.05. The molecule has 1 aliphatic heterocycles. The lowest BCUT2D eigenvalue weighted by molar-refractivity contribution is -0.701. The van der Waals surface area contributed by atoms with Crippen LogP contribution >= 0.6 is 0 Å². The third-order valence-corrected chi connectivity index (χ3v) is 1.72. The second-order valence-corrected chi connectivity index (χ2v) is 2.48. The number of hydrogen-bond acceptors (Lipinski definition) is 2. The number of carbonyl (C=O) groups is 1. The lowest BCUT2D eigenvalue weighted by atomic mass is 10.3. The van der Waals surface area contributed by atoms with Gasteiger partial charge in [0.25, 0.3) is 0 Å². The van der Waals surface area contributed by atoms with Crippen LogP contribution in [0.4, 0.5) is 0 Å². The molecule has 2 heterocycles. The highest BCUT2D eigenvalue weighted by atomic mass is 16.5. The van der Waals surface area contributed by atoms with Gasteiger partial charge in [0.2, 0.25) is 12.2 Å². The number of nitrogens with zero attached hydrogens (tertiary/aromatic N) is 1. The number of ether oxygens (including phenoxy) is 1. The van der Waals surface area contributed by atoms with Crippen LogP contribution in [-0.2, 0) is 22.7 Å². The van der Waals surface area contributed by atoms with Crippen LogP contribution in [0, 0.1) is 0 Å². The lowest BCUT2D eigenvalue weighted by Gasteiger charge is -2.08. The molecule has 0 bridgehead atoms. The fourth-order valence-corrected chi connectivity index (χ4v) is 1.14. The minimum atomic E-state index is -0.159. The molecule has 0 aromatic carbocycles. The van der Waals surface area contributed by atoms with Crippen LogP contribution < -0.4 is 4.57 Å². The summed E-state index contributed by atoms with van der Waals surface area (Å²) in [4.78, 5) is 10.8. The zero-order valence-corrected chi connectivity index (χ0v) is 5.99. The van der Waals surface area contributed by atoms with Gasteiger partial charge in [-0.15, -0.1) is 0 Å². The van der Waals surface area contributed by atoms with E-state index in [1.165, 1.54) is 0 Å². The maximum Gasteiger partial charge on any atom is 0.373 e. The van der Waals surface area contributed by atoms with Crippen molar-refractivity contribution in [3.8, 4) is 0 Å².